The van der Waals surface area contributed by atoms with Crippen molar-refractivity contribution in [1.82, 2.24) is 4.98 Å². The monoisotopic (exact) mass is 264 g/mol. The van der Waals surface area contributed by atoms with Crippen molar-refractivity contribution in [1.29, 1.82) is 0 Å². The number of nitrogens with one attached hydrogen (secondary N) is 1. The number of aromatic nitrogens is 1. The summed E-state index contributed by atoms with van der Waals surface area (Å²) in [6.45, 7) is 0. The van der Waals surface area contributed by atoms with Crippen LogP contribution in [0.2, 0.25) is 0 Å². The molecule has 0 fully saturated rings. The molecule has 3 N–H and O–H groups in total. The van der Waals surface area contributed by atoms with Gasteiger partial charge in [0.05, 0.1) is 6.04 Å². The first-order valence-electron chi connectivity index (χ1n) is 5.20. The van der Waals surface area contributed by atoms with Crippen LogP contribution in [0.3, 0.4) is 0 Å². The average Bonchev–Trinajstić information content (AvgIpc) is 2.98. The number of rotatable bonds is 2. The van der Waals surface area contributed by atoms with Crippen molar-refractivity contribution in [3.8, 4) is 0 Å². The number of benzene rings is 1. The van der Waals surface area contributed by atoms with Crippen LogP contribution in [0.25, 0.3) is 10.9 Å². The van der Waals surface area contributed by atoms with E-state index in [1.54, 1.807) is 11.3 Å². The lowest BCUT2D eigenvalue weighted by Crippen LogP contribution is -2.10. The Labute approximate surface area is 110 Å². The maximum Gasteiger partial charge on any atom is 0.0581 e. The fraction of sp³-hybridized carbons (Fsp3) is 0.0769. The van der Waals surface area contributed by atoms with Crippen molar-refractivity contribution in [2.45, 2.75) is 6.04 Å². The molecule has 0 amide bonds. The van der Waals surface area contributed by atoms with Gasteiger partial charge in [0.2, 0.25) is 0 Å². The quantitative estimate of drug-likeness (QED) is 0.728. The SMILES string of the molecule is Cl.N[C@H](c1ccsc1)c1c[nH]c2ccccc12. The van der Waals surface area contributed by atoms with Crippen LogP contribution in [0.4, 0.5) is 0 Å². The zero-order valence-electron chi connectivity index (χ0n) is 9.09. The van der Waals surface area contributed by atoms with Gasteiger partial charge in [-0.25, -0.2) is 0 Å². The Hall–Kier alpha value is -1.29. The Morgan fingerprint density at radius 1 is 1.18 bits per heavy atom. The molecule has 2 nitrogen and oxygen atoms in total. The maximum atomic E-state index is 6.26. The summed E-state index contributed by atoms with van der Waals surface area (Å²) in [4.78, 5) is 3.25. The number of aromatic amines is 1. The van der Waals surface area contributed by atoms with Crippen LogP contribution in [0.15, 0.2) is 47.3 Å². The molecule has 4 heteroatoms. The lowest BCUT2D eigenvalue weighted by molar-refractivity contribution is 0.886. The summed E-state index contributed by atoms with van der Waals surface area (Å²) < 4.78 is 0. The molecule has 0 aliphatic rings. The Morgan fingerprint density at radius 3 is 2.76 bits per heavy atom. The second-order valence-electron chi connectivity index (χ2n) is 3.82. The van der Waals surface area contributed by atoms with Crippen molar-refractivity contribution < 1.29 is 0 Å². The molecule has 1 aromatic carbocycles. The molecule has 0 bridgehead atoms. The predicted molar refractivity (Wildman–Crippen MR) is 75.9 cm³/mol. The van der Waals surface area contributed by atoms with Gasteiger partial charge in [0, 0.05) is 17.1 Å². The van der Waals surface area contributed by atoms with Crippen molar-refractivity contribution >= 4 is 34.6 Å². The molecular weight excluding hydrogens is 252 g/mol. The van der Waals surface area contributed by atoms with E-state index in [0.29, 0.717) is 0 Å². The molecule has 0 aliphatic carbocycles. The lowest BCUT2D eigenvalue weighted by atomic mass is 10.0. The van der Waals surface area contributed by atoms with E-state index in [2.05, 4.69) is 33.9 Å². The van der Waals surface area contributed by atoms with E-state index in [1.807, 2.05) is 18.3 Å². The summed E-state index contributed by atoms with van der Waals surface area (Å²) >= 11 is 1.68. The van der Waals surface area contributed by atoms with Gasteiger partial charge >= 0.3 is 0 Å². The Balaban J connectivity index is 0.00000108. The third kappa shape index (κ3) is 2.09. The van der Waals surface area contributed by atoms with Crippen molar-refractivity contribution in [2.24, 2.45) is 5.73 Å². The predicted octanol–water partition coefficient (Wildman–Crippen LogP) is 3.70. The Kier molecular flexibility index (Phi) is 3.52. The first kappa shape index (κ1) is 12.2. The largest absolute Gasteiger partial charge is 0.361 e. The molecule has 3 rings (SSSR count). The van der Waals surface area contributed by atoms with Crippen LogP contribution >= 0.6 is 23.7 Å². The highest BCUT2D eigenvalue weighted by Gasteiger charge is 2.13. The van der Waals surface area contributed by atoms with Gasteiger partial charge in [0.15, 0.2) is 0 Å². The van der Waals surface area contributed by atoms with Gasteiger partial charge in [-0.05, 0) is 34.0 Å². The van der Waals surface area contributed by atoms with E-state index in [0.717, 1.165) is 11.1 Å². The van der Waals surface area contributed by atoms with Crippen LogP contribution in [-0.2, 0) is 0 Å². The minimum atomic E-state index is -0.0394. The van der Waals surface area contributed by atoms with Gasteiger partial charge in [-0.1, -0.05) is 18.2 Å². The normalized spacial score (nSPS) is 12.3. The smallest absolute Gasteiger partial charge is 0.0581 e. The molecule has 0 radical (unpaired) electrons. The molecule has 2 heterocycles. The number of halogens is 1. The molecule has 3 aromatic rings. The summed E-state index contributed by atoms with van der Waals surface area (Å²) in [5.41, 5.74) is 9.74. The fourth-order valence-electron chi connectivity index (χ4n) is 1.98. The minimum Gasteiger partial charge on any atom is -0.361 e. The number of nitrogens with two attached hydrogens (primary N) is 1. The van der Waals surface area contributed by atoms with Crippen molar-refractivity contribution in [3.05, 3.63) is 58.4 Å². The number of fused-ring (bicyclic) bond motifs is 1. The zero-order valence-corrected chi connectivity index (χ0v) is 10.7. The van der Waals surface area contributed by atoms with Crippen LogP contribution in [0, 0.1) is 0 Å². The van der Waals surface area contributed by atoms with E-state index in [-0.39, 0.29) is 18.4 Å². The van der Waals surface area contributed by atoms with Gasteiger partial charge in [-0.3, -0.25) is 0 Å². The van der Waals surface area contributed by atoms with Crippen LogP contribution in [0.5, 0.6) is 0 Å². The molecule has 0 unspecified atom stereocenters. The number of thiophene rings is 1. The average molecular weight is 265 g/mol. The molecule has 1 atom stereocenters. The van der Waals surface area contributed by atoms with E-state index < -0.39 is 0 Å². The van der Waals surface area contributed by atoms with Crippen LogP contribution in [0.1, 0.15) is 17.2 Å². The van der Waals surface area contributed by atoms with Gasteiger partial charge < -0.3 is 10.7 Å². The highest BCUT2D eigenvalue weighted by atomic mass is 35.5. The summed E-state index contributed by atoms with van der Waals surface area (Å²) in [5.74, 6) is 0. The van der Waals surface area contributed by atoms with Gasteiger partial charge in [0.25, 0.3) is 0 Å². The van der Waals surface area contributed by atoms with Gasteiger partial charge in [-0.15, -0.1) is 12.4 Å². The molecule has 0 aliphatic heterocycles. The van der Waals surface area contributed by atoms with Gasteiger partial charge in [0.1, 0.15) is 0 Å². The lowest BCUT2D eigenvalue weighted by Gasteiger charge is -2.08. The Morgan fingerprint density at radius 2 is 2.00 bits per heavy atom. The van der Waals surface area contributed by atoms with Crippen molar-refractivity contribution in [2.75, 3.05) is 0 Å². The third-order valence-corrected chi connectivity index (χ3v) is 3.56. The zero-order chi connectivity index (χ0) is 11.0. The van der Waals surface area contributed by atoms with Crippen LogP contribution in [-0.4, -0.2) is 4.98 Å². The standard InChI is InChI=1S/C13H12N2S.ClH/c14-13(9-5-6-16-8-9)11-7-15-12-4-2-1-3-10(11)12;/h1-8,13,15H,14H2;1H/t13-;/m1./s1. The first-order valence-corrected chi connectivity index (χ1v) is 6.14. The first-order chi connectivity index (χ1) is 7.86. The summed E-state index contributed by atoms with van der Waals surface area (Å²) in [5, 5.41) is 5.37. The van der Waals surface area contributed by atoms with E-state index in [1.165, 1.54) is 10.9 Å². The highest BCUT2D eigenvalue weighted by molar-refractivity contribution is 7.08. The minimum absolute atomic E-state index is 0. The molecular formula is C13H13ClN2S. The number of hydrogen-bond donors (Lipinski definition) is 2. The summed E-state index contributed by atoms with van der Waals surface area (Å²) in [6.07, 6.45) is 2.01. The van der Waals surface area contributed by atoms with E-state index in [4.69, 9.17) is 5.73 Å². The summed E-state index contributed by atoms with van der Waals surface area (Å²) in [6, 6.07) is 10.3. The van der Waals surface area contributed by atoms with E-state index >= 15 is 0 Å². The Bertz CT molecular complexity index is 601. The number of H-pyrrole nitrogens is 1. The van der Waals surface area contributed by atoms with Crippen molar-refractivity contribution in [3.63, 3.8) is 0 Å². The number of hydrogen-bond acceptors (Lipinski definition) is 2. The highest BCUT2D eigenvalue weighted by Crippen LogP contribution is 2.27. The third-order valence-electron chi connectivity index (χ3n) is 2.86. The molecule has 0 saturated carbocycles. The summed E-state index contributed by atoms with van der Waals surface area (Å²) in [7, 11) is 0. The van der Waals surface area contributed by atoms with Crippen LogP contribution < -0.4 is 5.73 Å². The second-order valence-corrected chi connectivity index (χ2v) is 4.60. The second kappa shape index (κ2) is 4.92. The topological polar surface area (TPSA) is 41.8 Å². The van der Waals surface area contributed by atoms with E-state index in [9.17, 15) is 0 Å². The molecule has 2 aromatic heterocycles. The molecule has 17 heavy (non-hydrogen) atoms. The van der Waals surface area contributed by atoms with Gasteiger partial charge in [-0.2, -0.15) is 11.3 Å². The fourth-order valence-corrected chi connectivity index (χ4v) is 2.68. The molecule has 0 saturated heterocycles. The molecule has 0 spiro atoms. The molecule has 88 valence electrons. The number of para-hydroxylation sites is 1. The maximum absolute atomic E-state index is 6.26.